The van der Waals surface area contributed by atoms with Crippen LogP contribution in [0, 0.1) is 6.92 Å². The minimum atomic E-state index is 0. The number of aryl methyl sites for hydroxylation is 1. The number of benzene rings is 2. The molecule has 0 saturated heterocycles. The Hall–Kier alpha value is -2.16. The van der Waals surface area contributed by atoms with Gasteiger partial charge >= 0.3 is 0 Å². The van der Waals surface area contributed by atoms with Gasteiger partial charge in [-0.15, -0.1) is 24.0 Å². The van der Waals surface area contributed by atoms with Gasteiger partial charge in [-0.2, -0.15) is 0 Å². The second-order valence-electron chi connectivity index (χ2n) is 6.10. The average molecular weight is 499 g/mol. The van der Waals surface area contributed by atoms with E-state index in [0.717, 1.165) is 36.0 Å². The van der Waals surface area contributed by atoms with Crippen molar-refractivity contribution < 1.29 is 14.2 Å². The van der Waals surface area contributed by atoms with Crippen LogP contribution >= 0.6 is 24.0 Å². The Morgan fingerprint density at radius 1 is 0.929 bits per heavy atom. The van der Waals surface area contributed by atoms with Crippen molar-refractivity contribution in [3.63, 3.8) is 0 Å². The highest BCUT2D eigenvalue weighted by Crippen LogP contribution is 2.34. The molecule has 0 atom stereocenters. The molecule has 0 saturated carbocycles. The van der Waals surface area contributed by atoms with Crippen molar-refractivity contribution >= 4 is 29.9 Å². The SMILES string of the molecule is CN=C(NCCc1c(OC)cc(OC)cc1OC)NCc1ccc(C)cc1.I. The highest BCUT2D eigenvalue weighted by atomic mass is 127. The number of methoxy groups -OCH3 is 3. The molecule has 0 heterocycles. The summed E-state index contributed by atoms with van der Waals surface area (Å²) in [6.45, 7) is 3.49. The minimum Gasteiger partial charge on any atom is -0.496 e. The third kappa shape index (κ3) is 6.78. The van der Waals surface area contributed by atoms with Crippen molar-refractivity contribution in [1.29, 1.82) is 0 Å². The van der Waals surface area contributed by atoms with Gasteiger partial charge in [0.25, 0.3) is 0 Å². The van der Waals surface area contributed by atoms with E-state index >= 15 is 0 Å². The van der Waals surface area contributed by atoms with Gasteiger partial charge in [0.2, 0.25) is 0 Å². The molecular formula is C21H30IN3O3. The molecule has 0 fully saturated rings. The molecule has 0 amide bonds. The van der Waals surface area contributed by atoms with Gasteiger partial charge in [0.05, 0.1) is 21.3 Å². The Morgan fingerprint density at radius 2 is 1.54 bits per heavy atom. The van der Waals surface area contributed by atoms with Crippen LogP contribution in [0.3, 0.4) is 0 Å². The first-order valence-corrected chi connectivity index (χ1v) is 8.90. The topological polar surface area (TPSA) is 64.1 Å². The van der Waals surface area contributed by atoms with Crippen LogP contribution in [0.4, 0.5) is 0 Å². The number of rotatable bonds is 8. The van der Waals surface area contributed by atoms with Gasteiger partial charge in [-0.1, -0.05) is 29.8 Å². The summed E-state index contributed by atoms with van der Waals surface area (Å²) in [5.74, 6) is 2.95. The summed E-state index contributed by atoms with van der Waals surface area (Å²) in [5.41, 5.74) is 3.45. The van der Waals surface area contributed by atoms with Crippen molar-refractivity contribution in [3.05, 3.63) is 53.1 Å². The van der Waals surface area contributed by atoms with Crippen molar-refractivity contribution in [1.82, 2.24) is 10.6 Å². The maximum atomic E-state index is 5.50. The predicted octanol–water partition coefficient (Wildman–Crippen LogP) is 3.55. The average Bonchev–Trinajstić information content (AvgIpc) is 2.71. The molecule has 0 bridgehead atoms. The lowest BCUT2D eigenvalue weighted by molar-refractivity contribution is 0.368. The number of guanidine groups is 1. The predicted molar refractivity (Wildman–Crippen MR) is 125 cm³/mol. The summed E-state index contributed by atoms with van der Waals surface area (Å²) in [6, 6.07) is 12.2. The Balaban J connectivity index is 0.00000392. The molecule has 2 N–H and O–H groups in total. The molecule has 6 nitrogen and oxygen atoms in total. The molecule has 0 unspecified atom stereocenters. The lowest BCUT2D eigenvalue weighted by Crippen LogP contribution is -2.37. The maximum absolute atomic E-state index is 5.50. The van der Waals surface area contributed by atoms with E-state index in [4.69, 9.17) is 14.2 Å². The summed E-state index contributed by atoms with van der Waals surface area (Å²) in [7, 11) is 6.68. The van der Waals surface area contributed by atoms with E-state index in [1.165, 1.54) is 11.1 Å². The van der Waals surface area contributed by atoms with E-state index < -0.39 is 0 Å². The fraction of sp³-hybridized carbons (Fsp3) is 0.381. The van der Waals surface area contributed by atoms with E-state index in [0.29, 0.717) is 12.3 Å². The maximum Gasteiger partial charge on any atom is 0.191 e. The molecule has 0 aromatic heterocycles. The van der Waals surface area contributed by atoms with Gasteiger partial charge in [-0.05, 0) is 18.9 Å². The summed E-state index contributed by atoms with van der Waals surface area (Å²) in [5, 5.41) is 6.65. The molecule has 7 heteroatoms. The lowest BCUT2D eigenvalue weighted by Gasteiger charge is -2.16. The largest absolute Gasteiger partial charge is 0.496 e. The number of aliphatic imine (C=N–C) groups is 1. The van der Waals surface area contributed by atoms with Crippen LogP contribution in [-0.4, -0.2) is 40.9 Å². The van der Waals surface area contributed by atoms with Crippen molar-refractivity contribution in [2.24, 2.45) is 4.99 Å². The van der Waals surface area contributed by atoms with E-state index in [2.05, 4.69) is 46.8 Å². The highest BCUT2D eigenvalue weighted by Gasteiger charge is 2.13. The van der Waals surface area contributed by atoms with Crippen LogP contribution in [0.1, 0.15) is 16.7 Å². The first kappa shape index (κ1) is 23.9. The summed E-state index contributed by atoms with van der Waals surface area (Å²) < 4.78 is 16.3. The molecule has 2 rings (SSSR count). The number of hydrogen-bond donors (Lipinski definition) is 2. The molecule has 0 spiro atoms. The third-order valence-corrected chi connectivity index (χ3v) is 4.29. The summed E-state index contributed by atoms with van der Waals surface area (Å²) in [4.78, 5) is 4.28. The lowest BCUT2D eigenvalue weighted by atomic mass is 10.1. The number of nitrogens with zero attached hydrogens (tertiary/aromatic N) is 1. The Kier molecular flexibility index (Phi) is 10.5. The van der Waals surface area contributed by atoms with E-state index in [-0.39, 0.29) is 24.0 Å². The molecule has 0 aliphatic carbocycles. The summed E-state index contributed by atoms with van der Waals surface area (Å²) >= 11 is 0. The van der Waals surface area contributed by atoms with Gasteiger partial charge in [-0.25, -0.2) is 0 Å². The standard InChI is InChI=1S/C21H29N3O3.HI/c1-15-6-8-16(9-7-15)14-24-21(22-2)23-11-10-18-19(26-4)12-17(25-3)13-20(18)27-5;/h6-9,12-13H,10-11,14H2,1-5H3,(H2,22,23,24);1H. The van der Waals surface area contributed by atoms with Crippen LogP contribution < -0.4 is 24.8 Å². The Labute approximate surface area is 184 Å². The Morgan fingerprint density at radius 3 is 2.04 bits per heavy atom. The number of nitrogens with one attached hydrogen (secondary N) is 2. The van der Waals surface area contributed by atoms with Crippen LogP contribution in [0.2, 0.25) is 0 Å². The monoisotopic (exact) mass is 499 g/mol. The second kappa shape index (κ2) is 12.3. The van der Waals surface area contributed by atoms with Crippen LogP contribution in [0.5, 0.6) is 17.2 Å². The van der Waals surface area contributed by atoms with Gasteiger partial charge in [0, 0.05) is 37.8 Å². The molecule has 0 radical (unpaired) electrons. The third-order valence-electron chi connectivity index (χ3n) is 4.29. The Bertz CT molecular complexity index is 739. The van der Waals surface area contributed by atoms with Crippen LogP contribution in [0.15, 0.2) is 41.4 Å². The zero-order valence-corrected chi connectivity index (χ0v) is 19.5. The first-order chi connectivity index (χ1) is 13.1. The van der Waals surface area contributed by atoms with Gasteiger partial charge in [0.15, 0.2) is 5.96 Å². The molecular weight excluding hydrogens is 469 g/mol. The normalized spacial score (nSPS) is 10.7. The van der Waals surface area contributed by atoms with Gasteiger partial charge < -0.3 is 24.8 Å². The molecule has 0 aliphatic rings. The number of hydrogen-bond acceptors (Lipinski definition) is 4. The van der Waals surface area contributed by atoms with Crippen molar-refractivity contribution in [3.8, 4) is 17.2 Å². The zero-order chi connectivity index (χ0) is 19.6. The van der Waals surface area contributed by atoms with Gasteiger partial charge in [-0.3, -0.25) is 4.99 Å². The van der Waals surface area contributed by atoms with E-state index in [9.17, 15) is 0 Å². The fourth-order valence-electron chi connectivity index (χ4n) is 2.74. The smallest absolute Gasteiger partial charge is 0.191 e. The van der Waals surface area contributed by atoms with E-state index in [1.54, 1.807) is 28.4 Å². The molecule has 28 heavy (non-hydrogen) atoms. The van der Waals surface area contributed by atoms with Crippen LogP contribution in [0.25, 0.3) is 0 Å². The first-order valence-electron chi connectivity index (χ1n) is 8.90. The van der Waals surface area contributed by atoms with Crippen LogP contribution in [-0.2, 0) is 13.0 Å². The summed E-state index contributed by atoms with van der Waals surface area (Å²) in [6.07, 6.45) is 0.724. The van der Waals surface area contributed by atoms with Gasteiger partial charge in [0.1, 0.15) is 17.2 Å². The van der Waals surface area contributed by atoms with Crippen molar-refractivity contribution in [2.45, 2.75) is 19.9 Å². The number of ether oxygens (including phenoxy) is 3. The highest BCUT2D eigenvalue weighted by molar-refractivity contribution is 14.0. The second-order valence-corrected chi connectivity index (χ2v) is 6.10. The minimum absolute atomic E-state index is 0. The number of halogens is 1. The molecule has 154 valence electrons. The zero-order valence-electron chi connectivity index (χ0n) is 17.2. The van der Waals surface area contributed by atoms with Crippen molar-refractivity contribution in [2.75, 3.05) is 34.9 Å². The molecule has 0 aliphatic heterocycles. The molecule has 2 aromatic rings. The molecule has 2 aromatic carbocycles. The quantitative estimate of drug-likeness (QED) is 0.331. The fourth-order valence-corrected chi connectivity index (χ4v) is 2.74. The van der Waals surface area contributed by atoms with E-state index in [1.807, 2.05) is 12.1 Å².